The van der Waals surface area contributed by atoms with Crippen molar-refractivity contribution in [2.24, 2.45) is 0 Å². The number of ketones is 1. The molecule has 0 spiro atoms. The molecular formula is C28H29FN2O4S. The van der Waals surface area contributed by atoms with Crippen LogP contribution in [0.5, 0.6) is 0 Å². The Morgan fingerprint density at radius 1 is 0.944 bits per heavy atom. The van der Waals surface area contributed by atoms with E-state index in [2.05, 4.69) is 10.0 Å². The second kappa shape index (κ2) is 9.59. The zero-order valence-corrected chi connectivity index (χ0v) is 21.2. The molecule has 188 valence electrons. The van der Waals surface area contributed by atoms with E-state index in [-0.39, 0.29) is 28.6 Å². The second-order valence-corrected chi connectivity index (χ2v) is 11.9. The lowest BCUT2D eigenvalue weighted by atomic mass is 9.97. The van der Waals surface area contributed by atoms with E-state index in [9.17, 15) is 22.4 Å². The van der Waals surface area contributed by atoms with Crippen molar-refractivity contribution in [3.63, 3.8) is 0 Å². The quantitative estimate of drug-likeness (QED) is 0.473. The summed E-state index contributed by atoms with van der Waals surface area (Å²) in [6.07, 6.45) is 0.477. The Labute approximate surface area is 211 Å². The average Bonchev–Trinajstić information content (AvgIpc) is 3.54. The van der Waals surface area contributed by atoms with Gasteiger partial charge in [-0.15, -0.1) is 0 Å². The van der Waals surface area contributed by atoms with Crippen LogP contribution in [0.1, 0.15) is 54.6 Å². The van der Waals surface area contributed by atoms with E-state index in [1.807, 2.05) is 30.3 Å². The molecule has 0 aliphatic heterocycles. The normalized spacial score (nSPS) is 19.5. The molecule has 0 unspecified atom stereocenters. The van der Waals surface area contributed by atoms with Gasteiger partial charge in [-0.2, -0.15) is 0 Å². The molecule has 8 heteroatoms. The minimum absolute atomic E-state index is 0.0278. The van der Waals surface area contributed by atoms with Crippen LogP contribution in [-0.2, 0) is 21.2 Å². The zero-order chi connectivity index (χ0) is 26.1. The standard InChI is InChI=1S/C28H29FN2O4S/c1-27(2,3)31-36(34,35)23-15-9-19(10-16-23)17-25(32)28(18-24(28)20-7-5-4-6-8-20)30-26(33)21-11-13-22(29)14-12-21/h4-16,24,31H,17-18H2,1-3H3,(H,30,33)/t24-,28+/m1/s1. The van der Waals surface area contributed by atoms with Gasteiger partial charge in [0.05, 0.1) is 4.90 Å². The number of halogens is 1. The van der Waals surface area contributed by atoms with Crippen LogP contribution >= 0.6 is 0 Å². The maximum atomic E-state index is 13.6. The Kier molecular flexibility index (Phi) is 6.86. The Bertz CT molecular complexity index is 1370. The van der Waals surface area contributed by atoms with Crippen LogP contribution in [0.4, 0.5) is 4.39 Å². The predicted molar refractivity (Wildman–Crippen MR) is 136 cm³/mol. The first-order valence-corrected chi connectivity index (χ1v) is 13.2. The highest BCUT2D eigenvalue weighted by Gasteiger charge is 2.60. The molecule has 1 amide bonds. The van der Waals surface area contributed by atoms with Crippen molar-refractivity contribution in [2.75, 3.05) is 0 Å². The van der Waals surface area contributed by atoms with E-state index in [4.69, 9.17) is 0 Å². The van der Waals surface area contributed by atoms with Crippen LogP contribution in [0, 0.1) is 5.82 Å². The summed E-state index contributed by atoms with van der Waals surface area (Å²) in [4.78, 5) is 26.6. The molecule has 0 heterocycles. The van der Waals surface area contributed by atoms with E-state index in [0.29, 0.717) is 12.0 Å². The summed E-state index contributed by atoms with van der Waals surface area (Å²) in [6.45, 7) is 5.28. The Morgan fingerprint density at radius 3 is 2.14 bits per heavy atom. The summed E-state index contributed by atoms with van der Waals surface area (Å²) in [5, 5.41) is 2.92. The molecule has 0 bridgehead atoms. The average molecular weight is 509 g/mol. The minimum atomic E-state index is -3.69. The molecular weight excluding hydrogens is 479 g/mol. The van der Waals surface area contributed by atoms with Gasteiger partial charge in [0.1, 0.15) is 11.4 Å². The van der Waals surface area contributed by atoms with Crippen molar-refractivity contribution < 1.29 is 22.4 Å². The van der Waals surface area contributed by atoms with Crippen molar-refractivity contribution in [1.29, 1.82) is 0 Å². The van der Waals surface area contributed by atoms with Crippen LogP contribution in [0.15, 0.2) is 83.8 Å². The number of carbonyl (C=O) groups is 2. The third-order valence-corrected chi connectivity index (χ3v) is 7.92. The molecule has 0 aromatic heterocycles. The van der Waals surface area contributed by atoms with Crippen molar-refractivity contribution in [3.05, 3.63) is 101 Å². The highest BCUT2D eigenvalue weighted by molar-refractivity contribution is 7.89. The number of amides is 1. The van der Waals surface area contributed by atoms with Crippen LogP contribution < -0.4 is 10.0 Å². The van der Waals surface area contributed by atoms with Crippen LogP contribution in [0.3, 0.4) is 0 Å². The summed E-state index contributed by atoms with van der Waals surface area (Å²) < 4.78 is 41.1. The molecule has 36 heavy (non-hydrogen) atoms. The summed E-state index contributed by atoms with van der Waals surface area (Å²) >= 11 is 0. The summed E-state index contributed by atoms with van der Waals surface area (Å²) in [5.41, 5.74) is 0.138. The van der Waals surface area contributed by atoms with E-state index in [0.717, 1.165) is 5.56 Å². The largest absolute Gasteiger partial charge is 0.339 e. The lowest BCUT2D eigenvalue weighted by Crippen LogP contribution is -2.45. The fourth-order valence-electron chi connectivity index (χ4n) is 4.33. The van der Waals surface area contributed by atoms with Gasteiger partial charge in [-0.1, -0.05) is 42.5 Å². The highest BCUT2D eigenvalue weighted by Crippen LogP contribution is 2.52. The summed E-state index contributed by atoms with van der Waals surface area (Å²) in [7, 11) is -3.69. The number of nitrogens with one attached hydrogen (secondary N) is 2. The van der Waals surface area contributed by atoms with Gasteiger partial charge in [-0.25, -0.2) is 17.5 Å². The minimum Gasteiger partial charge on any atom is -0.339 e. The molecule has 1 fully saturated rings. The number of benzene rings is 3. The molecule has 6 nitrogen and oxygen atoms in total. The van der Waals surface area contributed by atoms with Crippen LogP contribution in [0.2, 0.25) is 0 Å². The monoisotopic (exact) mass is 508 g/mol. The first-order valence-electron chi connectivity index (χ1n) is 11.7. The van der Waals surface area contributed by atoms with Crippen molar-refractivity contribution in [2.45, 2.75) is 55.5 Å². The van der Waals surface area contributed by atoms with E-state index in [1.165, 1.54) is 36.4 Å². The molecule has 0 saturated heterocycles. The van der Waals surface area contributed by atoms with Crippen LogP contribution in [0.25, 0.3) is 0 Å². The maximum Gasteiger partial charge on any atom is 0.252 e. The Morgan fingerprint density at radius 2 is 1.56 bits per heavy atom. The van der Waals surface area contributed by atoms with Gasteiger partial charge >= 0.3 is 0 Å². The SMILES string of the molecule is CC(C)(C)NS(=O)(=O)c1ccc(CC(=O)[C@]2(NC(=O)c3ccc(F)cc3)C[C@@H]2c2ccccc2)cc1. The van der Waals surface area contributed by atoms with E-state index >= 15 is 0 Å². The number of hydrogen-bond acceptors (Lipinski definition) is 4. The van der Waals surface area contributed by atoms with Gasteiger partial charge in [0.15, 0.2) is 5.78 Å². The van der Waals surface area contributed by atoms with Gasteiger partial charge in [-0.05, 0) is 74.7 Å². The third kappa shape index (κ3) is 5.71. The molecule has 3 aromatic carbocycles. The van der Waals surface area contributed by atoms with Crippen molar-refractivity contribution in [1.82, 2.24) is 10.0 Å². The molecule has 2 N–H and O–H groups in total. The second-order valence-electron chi connectivity index (χ2n) is 10.2. The lowest BCUT2D eigenvalue weighted by molar-refractivity contribution is -0.121. The van der Waals surface area contributed by atoms with Gasteiger partial charge in [0, 0.05) is 23.4 Å². The fraction of sp³-hybridized carbons (Fsp3) is 0.286. The maximum absolute atomic E-state index is 13.6. The molecule has 4 rings (SSSR count). The number of sulfonamides is 1. The third-order valence-electron chi connectivity index (χ3n) is 6.14. The Hall–Kier alpha value is -3.36. The van der Waals surface area contributed by atoms with E-state index in [1.54, 1.807) is 32.9 Å². The first-order chi connectivity index (χ1) is 16.9. The van der Waals surface area contributed by atoms with E-state index < -0.39 is 32.8 Å². The Balaban J connectivity index is 1.55. The van der Waals surface area contributed by atoms with Gasteiger partial charge < -0.3 is 5.32 Å². The molecule has 1 aliphatic rings. The first kappa shape index (κ1) is 25.7. The van der Waals surface area contributed by atoms with Crippen molar-refractivity contribution >= 4 is 21.7 Å². The molecule has 1 saturated carbocycles. The fourth-order valence-corrected chi connectivity index (χ4v) is 5.75. The number of carbonyl (C=O) groups excluding carboxylic acids is 2. The van der Waals surface area contributed by atoms with Gasteiger partial charge in [0.2, 0.25) is 10.0 Å². The highest BCUT2D eigenvalue weighted by atomic mass is 32.2. The number of rotatable bonds is 8. The predicted octanol–water partition coefficient (Wildman–Crippen LogP) is 4.37. The molecule has 1 aliphatic carbocycles. The van der Waals surface area contributed by atoms with Crippen LogP contribution in [-0.4, -0.2) is 31.2 Å². The van der Waals surface area contributed by atoms with Crippen molar-refractivity contribution in [3.8, 4) is 0 Å². The number of Topliss-reactive ketones (excluding diaryl/α,β-unsaturated/α-hetero) is 1. The van der Waals surface area contributed by atoms with Gasteiger partial charge in [-0.3, -0.25) is 9.59 Å². The molecule has 2 atom stereocenters. The summed E-state index contributed by atoms with van der Waals surface area (Å²) in [6, 6.07) is 20.9. The lowest BCUT2D eigenvalue weighted by Gasteiger charge is -2.21. The number of hydrogen-bond donors (Lipinski definition) is 2. The molecule has 0 radical (unpaired) electrons. The smallest absolute Gasteiger partial charge is 0.252 e. The summed E-state index contributed by atoms with van der Waals surface area (Å²) in [5.74, 6) is -1.26. The van der Waals surface area contributed by atoms with Gasteiger partial charge in [0.25, 0.3) is 5.91 Å². The zero-order valence-electron chi connectivity index (χ0n) is 20.4. The molecule has 3 aromatic rings. The topological polar surface area (TPSA) is 92.3 Å².